The molecular formula is C10H8Cl2O. The Balaban J connectivity index is 3.04. The van der Waals surface area contributed by atoms with Gasteiger partial charge in [0.15, 0.2) is 5.78 Å². The number of ketones is 1. The average Bonchev–Trinajstić information content (AvgIpc) is 2.10. The van der Waals surface area contributed by atoms with E-state index in [0.717, 1.165) is 0 Å². The number of carbonyl (C=O) groups excluding carboxylic acids is 1. The highest BCUT2D eigenvalue weighted by Gasteiger charge is 2.03. The molecule has 1 aromatic carbocycles. The van der Waals surface area contributed by atoms with Crippen LogP contribution in [-0.4, -0.2) is 5.78 Å². The van der Waals surface area contributed by atoms with Crippen molar-refractivity contribution < 1.29 is 4.79 Å². The van der Waals surface area contributed by atoms with Crippen molar-refractivity contribution in [2.45, 2.75) is 6.92 Å². The zero-order valence-corrected chi connectivity index (χ0v) is 8.56. The van der Waals surface area contributed by atoms with Crippen LogP contribution >= 0.6 is 23.2 Å². The molecule has 0 N–H and O–H groups in total. The van der Waals surface area contributed by atoms with Gasteiger partial charge in [0, 0.05) is 5.56 Å². The highest BCUT2D eigenvalue weighted by Crippen LogP contribution is 2.22. The maximum atomic E-state index is 11.3. The summed E-state index contributed by atoms with van der Waals surface area (Å²) in [6.45, 7) is 1.79. The third-order valence-electron chi connectivity index (χ3n) is 1.52. The summed E-state index contributed by atoms with van der Waals surface area (Å²) in [6.07, 6.45) is 3.17. The van der Waals surface area contributed by atoms with Crippen LogP contribution in [0.25, 0.3) is 0 Å². The highest BCUT2D eigenvalue weighted by atomic mass is 35.5. The summed E-state index contributed by atoms with van der Waals surface area (Å²) in [5.74, 6) is -0.0685. The molecule has 1 rings (SSSR count). The van der Waals surface area contributed by atoms with Crippen LogP contribution < -0.4 is 0 Å². The first-order valence-corrected chi connectivity index (χ1v) is 4.53. The van der Waals surface area contributed by atoms with Gasteiger partial charge in [0.2, 0.25) is 0 Å². The van der Waals surface area contributed by atoms with E-state index in [-0.39, 0.29) is 5.78 Å². The first kappa shape index (κ1) is 10.3. The fourth-order valence-corrected chi connectivity index (χ4v) is 1.20. The maximum Gasteiger partial charge on any atom is 0.185 e. The van der Waals surface area contributed by atoms with E-state index in [9.17, 15) is 4.79 Å². The van der Waals surface area contributed by atoms with Gasteiger partial charge < -0.3 is 0 Å². The van der Waals surface area contributed by atoms with Crippen molar-refractivity contribution in [1.29, 1.82) is 0 Å². The maximum absolute atomic E-state index is 11.3. The van der Waals surface area contributed by atoms with Crippen LogP contribution in [-0.2, 0) is 0 Å². The molecule has 0 aliphatic heterocycles. The van der Waals surface area contributed by atoms with Gasteiger partial charge in [-0.05, 0) is 31.2 Å². The summed E-state index contributed by atoms with van der Waals surface area (Å²) in [6, 6.07) is 4.82. The smallest absolute Gasteiger partial charge is 0.185 e. The lowest BCUT2D eigenvalue weighted by Crippen LogP contribution is -1.93. The Morgan fingerprint density at radius 2 is 2.00 bits per heavy atom. The van der Waals surface area contributed by atoms with E-state index in [1.165, 1.54) is 6.08 Å². The highest BCUT2D eigenvalue weighted by molar-refractivity contribution is 6.42. The predicted octanol–water partition coefficient (Wildman–Crippen LogP) is 3.75. The minimum atomic E-state index is -0.0685. The van der Waals surface area contributed by atoms with Crippen molar-refractivity contribution in [2.24, 2.45) is 0 Å². The molecule has 0 unspecified atom stereocenters. The standard InChI is InChI=1S/C10H8Cl2O/c1-2-3-10(13)7-4-5-8(11)9(12)6-7/h2-6H,1H3/b3-2+. The Hall–Kier alpha value is -0.790. The van der Waals surface area contributed by atoms with Gasteiger partial charge >= 0.3 is 0 Å². The van der Waals surface area contributed by atoms with Crippen molar-refractivity contribution in [3.8, 4) is 0 Å². The number of hydrogen-bond acceptors (Lipinski definition) is 1. The van der Waals surface area contributed by atoms with Gasteiger partial charge in [-0.1, -0.05) is 29.3 Å². The Bertz CT molecular complexity index is 356. The first-order valence-electron chi connectivity index (χ1n) is 3.77. The van der Waals surface area contributed by atoms with E-state index in [2.05, 4.69) is 0 Å². The van der Waals surface area contributed by atoms with Crippen LogP contribution in [0.2, 0.25) is 10.0 Å². The van der Waals surface area contributed by atoms with Crippen LogP contribution in [0.4, 0.5) is 0 Å². The number of allylic oxidation sites excluding steroid dienone is 2. The summed E-state index contributed by atoms with van der Waals surface area (Å²) in [5, 5.41) is 0.857. The van der Waals surface area contributed by atoms with Gasteiger partial charge in [0.05, 0.1) is 10.0 Å². The fraction of sp³-hybridized carbons (Fsp3) is 0.100. The minimum Gasteiger partial charge on any atom is -0.289 e. The van der Waals surface area contributed by atoms with Crippen LogP contribution in [0.3, 0.4) is 0 Å². The zero-order valence-electron chi connectivity index (χ0n) is 7.05. The zero-order chi connectivity index (χ0) is 9.84. The monoisotopic (exact) mass is 214 g/mol. The largest absolute Gasteiger partial charge is 0.289 e. The number of benzene rings is 1. The lowest BCUT2D eigenvalue weighted by Gasteiger charge is -1.98. The predicted molar refractivity (Wildman–Crippen MR) is 55.6 cm³/mol. The number of halogens is 2. The second-order valence-corrected chi connectivity index (χ2v) is 3.31. The summed E-state index contributed by atoms with van der Waals surface area (Å²) in [4.78, 5) is 11.3. The quantitative estimate of drug-likeness (QED) is 0.542. The van der Waals surface area contributed by atoms with E-state index < -0.39 is 0 Å². The van der Waals surface area contributed by atoms with Gasteiger partial charge in [0.25, 0.3) is 0 Å². The Morgan fingerprint density at radius 3 is 2.54 bits per heavy atom. The average molecular weight is 215 g/mol. The molecular weight excluding hydrogens is 207 g/mol. The van der Waals surface area contributed by atoms with Crippen molar-refractivity contribution >= 4 is 29.0 Å². The van der Waals surface area contributed by atoms with Crippen LogP contribution in [0.5, 0.6) is 0 Å². The van der Waals surface area contributed by atoms with Gasteiger partial charge in [-0.25, -0.2) is 0 Å². The lowest BCUT2D eigenvalue weighted by atomic mass is 10.1. The van der Waals surface area contributed by atoms with E-state index in [0.29, 0.717) is 15.6 Å². The molecule has 1 aromatic rings. The number of carbonyl (C=O) groups is 1. The summed E-state index contributed by atoms with van der Waals surface area (Å²) < 4.78 is 0. The van der Waals surface area contributed by atoms with Gasteiger partial charge in [0.1, 0.15) is 0 Å². The van der Waals surface area contributed by atoms with E-state index >= 15 is 0 Å². The molecule has 0 atom stereocenters. The molecule has 0 heterocycles. The Kier molecular flexibility index (Phi) is 3.52. The molecule has 0 aliphatic carbocycles. The van der Waals surface area contributed by atoms with Gasteiger partial charge in [-0.15, -0.1) is 0 Å². The Labute approximate surface area is 87.0 Å². The van der Waals surface area contributed by atoms with Crippen molar-refractivity contribution in [1.82, 2.24) is 0 Å². The fourth-order valence-electron chi connectivity index (χ4n) is 0.897. The molecule has 0 saturated heterocycles. The molecule has 0 spiro atoms. The third-order valence-corrected chi connectivity index (χ3v) is 2.26. The molecule has 3 heteroatoms. The normalized spacial score (nSPS) is 10.7. The summed E-state index contributed by atoms with van der Waals surface area (Å²) in [7, 11) is 0. The number of rotatable bonds is 2. The number of hydrogen-bond donors (Lipinski definition) is 0. The van der Waals surface area contributed by atoms with E-state index in [1.54, 1.807) is 31.2 Å². The molecule has 0 amide bonds. The second kappa shape index (κ2) is 4.45. The molecule has 0 fully saturated rings. The van der Waals surface area contributed by atoms with Crippen LogP contribution in [0.1, 0.15) is 17.3 Å². The molecule has 0 radical (unpaired) electrons. The first-order chi connectivity index (χ1) is 6.15. The molecule has 0 saturated carbocycles. The molecule has 0 aliphatic rings. The third kappa shape index (κ3) is 2.58. The topological polar surface area (TPSA) is 17.1 Å². The lowest BCUT2D eigenvalue weighted by molar-refractivity contribution is 0.104. The second-order valence-electron chi connectivity index (χ2n) is 2.49. The summed E-state index contributed by atoms with van der Waals surface area (Å²) >= 11 is 11.5. The Morgan fingerprint density at radius 1 is 1.31 bits per heavy atom. The molecule has 0 aromatic heterocycles. The van der Waals surface area contributed by atoms with Gasteiger partial charge in [-0.3, -0.25) is 4.79 Å². The summed E-state index contributed by atoms with van der Waals surface area (Å²) in [5.41, 5.74) is 0.549. The van der Waals surface area contributed by atoms with Crippen LogP contribution in [0, 0.1) is 0 Å². The van der Waals surface area contributed by atoms with Crippen molar-refractivity contribution in [3.05, 3.63) is 46.0 Å². The van der Waals surface area contributed by atoms with Gasteiger partial charge in [-0.2, -0.15) is 0 Å². The van der Waals surface area contributed by atoms with Crippen LogP contribution in [0.15, 0.2) is 30.4 Å². The van der Waals surface area contributed by atoms with E-state index in [1.807, 2.05) is 0 Å². The minimum absolute atomic E-state index is 0.0685. The molecule has 0 bridgehead atoms. The SMILES string of the molecule is C/C=C/C(=O)c1ccc(Cl)c(Cl)c1. The van der Waals surface area contributed by atoms with Crippen molar-refractivity contribution in [2.75, 3.05) is 0 Å². The molecule has 13 heavy (non-hydrogen) atoms. The molecule has 1 nitrogen and oxygen atoms in total. The van der Waals surface area contributed by atoms with Crippen molar-refractivity contribution in [3.63, 3.8) is 0 Å². The molecule has 68 valence electrons. The van der Waals surface area contributed by atoms with E-state index in [4.69, 9.17) is 23.2 Å².